The van der Waals surface area contributed by atoms with Gasteiger partial charge >= 0.3 is 0 Å². The van der Waals surface area contributed by atoms with Gasteiger partial charge in [0.2, 0.25) is 0 Å². The van der Waals surface area contributed by atoms with E-state index in [4.69, 9.17) is 4.99 Å². The topological polar surface area (TPSA) is 60.0 Å². The first kappa shape index (κ1) is 25.2. The quantitative estimate of drug-likeness (QED) is 0.467. The van der Waals surface area contributed by atoms with Gasteiger partial charge in [0.15, 0.2) is 5.96 Å². The number of rotatable bonds is 9. The molecule has 0 spiro atoms. The zero-order chi connectivity index (χ0) is 22.8. The molecule has 1 aromatic rings. The number of guanidine groups is 1. The molecular formula is C25H43N5O. The molecule has 0 aliphatic carbocycles. The van der Waals surface area contributed by atoms with Crippen LogP contribution in [-0.2, 0) is 6.42 Å². The Morgan fingerprint density at radius 3 is 2.55 bits per heavy atom. The van der Waals surface area contributed by atoms with E-state index in [1.807, 2.05) is 18.2 Å². The summed E-state index contributed by atoms with van der Waals surface area (Å²) in [6.45, 7) is 13.9. The third-order valence-corrected chi connectivity index (χ3v) is 6.12. The molecule has 1 heterocycles. The van der Waals surface area contributed by atoms with Crippen molar-refractivity contribution < 1.29 is 4.79 Å². The number of nitrogens with zero attached hydrogens (tertiary/aromatic N) is 3. The smallest absolute Gasteiger partial charge is 0.253 e. The first-order valence-electron chi connectivity index (χ1n) is 11.9. The summed E-state index contributed by atoms with van der Waals surface area (Å²) in [4.78, 5) is 21.4. The Morgan fingerprint density at radius 2 is 1.94 bits per heavy atom. The Labute approximate surface area is 189 Å². The van der Waals surface area contributed by atoms with Gasteiger partial charge in [0.1, 0.15) is 0 Å². The van der Waals surface area contributed by atoms with Crippen LogP contribution >= 0.6 is 0 Å². The number of piperidine rings is 1. The Kier molecular flexibility index (Phi) is 10.3. The van der Waals surface area contributed by atoms with Crippen molar-refractivity contribution in [1.82, 2.24) is 20.4 Å². The maximum absolute atomic E-state index is 12.2. The predicted molar refractivity (Wildman–Crippen MR) is 131 cm³/mol. The predicted octanol–water partition coefficient (Wildman–Crippen LogP) is 3.24. The van der Waals surface area contributed by atoms with Crippen molar-refractivity contribution in [2.45, 2.75) is 53.0 Å². The second-order valence-corrected chi connectivity index (χ2v) is 9.33. The van der Waals surface area contributed by atoms with Gasteiger partial charge in [-0.15, -0.1) is 0 Å². The van der Waals surface area contributed by atoms with Gasteiger partial charge in [-0.05, 0) is 68.8 Å². The summed E-state index contributed by atoms with van der Waals surface area (Å²) in [5.41, 5.74) is 1.89. The highest BCUT2D eigenvalue weighted by Crippen LogP contribution is 2.21. The van der Waals surface area contributed by atoms with Crippen LogP contribution in [0.1, 0.15) is 56.5 Å². The molecule has 31 heavy (non-hydrogen) atoms. The molecule has 0 saturated carbocycles. The van der Waals surface area contributed by atoms with Crippen molar-refractivity contribution in [3.05, 3.63) is 35.4 Å². The van der Waals surface area contributed by atoms with E-state index in [-0.39, 0.29) is 5.91 Å². The molecular weight excluding hydrogens is 386 g/mol. The summed E-state index contributed by atoms with van der Waals surface area (Å²) in [6.07, 6.45) is 3.43. The normalized spacial score (nSPS) is 16.9. The Balaban J connectivity index is 1.93. The van der Waals surface area contributed by atoms with Crippen LogP contribution in [0.15, 0.2) is 29.3 Å². The van der Waals surface area contributed by atoms with E-state index in [0.717, 1.165) is 49.1 Å². The molecule has 1 saturated heterocycles. The number of nitrogens with one attached hydrogen (secondary N) is 2. The van der Waals surface area contributed by atoms with Gasteiger partial charge in [0.25, 0.3) is 5.91 Å². The average Bonchev–Trinajstić information content (AvgIpc) is 2.74. The molecule has 1 aliphatic rings. The lowest BCUT2D eigenvalue weighted by Gasteiger charge is -2.38. The number of hydrogen-bond acceptors (Lipinski definition) is 3. The summed E-state index contributed by atoms with van der Waals surface area (Å²) in [6, 6.07) is 8.37. The van der Waals surface area contributed by atoms with Crippen molar-refractivity contribution in [3.63, 3.8) is 0 Å². The van der Waals surface area contributed by atoms with E-state index < -0.39 is 0 Å². The second kappa shape index (κ2) is 12.7. The summed E-state index contributed by atoms with van der Waals surface area (Å²) >= 11 is 0. The van der Waals surface area contributed by atoms with Crippen LogP contribution in [0.5, 0.6) is 0 Å². The molecule has 2 rings (SSSR count). The van der Waals surface area contributed by atoms with Crippen molar-refractivity contribution in [2.24, 2.45) is 16.8 Å². The van der Waals surface area contributed by atoms with Crippen molar-refractivity contribution in [3.8, 4) is 0 Å². The van der Waals surface area contributed by atoms with E-state index in [9.17, 15) is 4.79 Å². The monoisotopic (exact) mass is 429 g/mol. The fourth-order valence-corrected chi connectivity index (χ4v) is 4.08. The Morgan fingerprint density at radius 1 is 1.23 bits per heavy atom. The maximum Gasteiger partial charge on any atom is 0.253 e. The molecule has 0 radical (unpaired) electrons. The number of benzene rings is 1. The Hall–Kier alpha value is -2.08. The van der Waals surface area contributed by atoms with Gasteiger partial charge in [-0.3, -0.25) is 14.7 Å². The fourth-order valence-electron chi connectivity index (χ4n) is 4.08. The molecule has 1 fully saturated rings. The van der Waals surface area contributed by atoms with E-state index >= 15 is 0 Å². The molecule has 2 N–H and O–H groups in total. The van der Waals surface area contributed by atoms with Gasteiger partial charge < -0.3 is 15.5 Å². The minimum Gasteiger partial charge on any atom is -0.357 e. The molecule has 1 aromatic carbocycles. The molecule has 1 aliphatic heterocycles. The highest BCUT2D eigenvalue weighted by atomic mass is 16.2. The van der Waals surface area contributed by atoms with Crippen LogP contribution < -0.4 is 10.6 Å². The Bertz CT molecular complexity index is 708. The van der Waals surface area contributed by atoms with Gasteiger partial charge in [0.05, 0.1) is 6.54 Å². The van der Waals surface area contributed by atoms with E-state index in [1.54, 1.807) is 19.0 Å². The number of hydrogen-bond donors (Lipinski definition) is 2. The number of amides is 1. The lowest BCUT2D eigenvalue weighted by Crippen LogP contribution is -2.46. The van der Waals surface area contributed by atoms with Gasteiger partial charge in [0, 0.05) is 38.8 Å². The van der Waals surface area contributed by atoms with Crippen LogP contribution in [0.4, 0.5) is 0 Å². The van der Waals surface area contributed by atoms with E-state index in [0.29, 0.717) is 12.0 Å². The van der Waals surface area contributed by atoms with Crippen molar-refractivity contribution in [2.75, 3.05) is 46.8 Å². The molecule has 6 heteroatoms. The molecule has 1 amide bonds. The first-order valence-corrected chi connectivity index (χ1v) is 11.9. The molecule has 174 valence electrons. The fraction of sp³-hybridized carbons (Fsp3) is 0.680. The van der Waals surface area contributed by atoms with Gasteiger partial charge in [-0.1, -0.05) is 32.9 Å². The van der Waals surface area contributed by atoms with E-state index in [1.165, 1.54) is 25.9 Å². The lowest BCUT2D eigenvalue weighted by atomic mass is 9.94. The van der Waals surface area contributed by atoms with Crippen LogP contribution in [0.3, 0.4) is 0 Å². The second-order valence-electron chi connectivity index (χ2n) is 9.33. The molecule has 1 unspecified atom stereocenters. The third kappa shape index (κ3) is 8.17. The molecule has 6 nitrogen and oxygen atoms in total. The van der Waals surface area contributed by atoms with Crippen molar-refractivity contribution >= 4 is 11.9 Å². The summed E-state index contributed by atoms with van der Waals surface area (Å²) in [5, 5.41) is 6.85. The largest absolute Gasteiger partial charge is 0.357 e. The molecule has 0 bridgehead atoms. The van der Waals surface area contributed by atoms with Gasteiger partial charge in [-0.2, -0.15) is 0 Å². The number of likely N-dealkylation sites (tertiary alicyclic amines) is 1. The van der Waals surface area contributed by atoms with Crippen LogP contribution in [0.25, 0.3) is 0 Å². The first-order chi connectivity index (χ1) is 14.8. The minimum atomic E-state index is 0.0385. The van der Waals surface area contributed by atoms with Crippen LogP contribution in [0.2, 0.25) is 0 Å². The number of carbonyl (C=O) groups is 1. The van der Waals surface area contributed by atoms with Gasteiger partial charge in [-0.25, -0.2) is 0 Å². The van der Waals surface area contributed by atoms with Crippen LogP contribution in [0, 0.1) is 11.8 Å². The SMILES string of the molecule is CCNC(=NCC(C(C)C)N1CCC(C)CC1)NCCc1cccc(C(=O)N(C)C)c1. The summed E-state index contributed by atoms with van der Waals surface area (Å²) < 4.78 is 0. The maximum atomic E-state index is 12.2. The number of aliphatic imine (C=N–C) groups is 1. The zero-order valence-corrected chi connectivity index (χ0v) is 20.4. The average molecular weight is 430 g/mol. The zero-order valence-electron chi connectivity index (χ0n) is 20.4. The highest BCUT2D eigenvalue weighted by molar-refractivity contribution is 5.94. The van der Waals surface area contributed by atoms with Crippen LogP contribution in [-0.4, -0.2) is 74.5 Å². The highest BCUT2D eigenvalue weighted by Gasteiger charge is 2.25. The summed E-state index contributed by atoms with van der Waals surface area (Å²) in [5.74, 6) is 2.34. The molecule has 0 aromatic heterocycles. The van der Waals surface area contributed by atoms with Crippen molar-refractivity contribution in [1.29, 1.82) is 0 Å². The van der Waals surface area contributed by atoms with E-state index in [2.05, 4.69) is 49.3 Å². The minimum absolute atomic E-state index is 0.0385. The molecule has 1 atom stereocenters. The third-order valence-electron chi connectivity index (χ3n) is 6.12. The standard InChI is InChI=1S/C25H43N5O/c1-7-26-25(28-18-23(19(2)3)30-15-12-20(4)13-16-30)27-14-11-21-9-8-10-22(17-21)24(31)29(5)6/h8-10,17,19-20,23H,7,11-16,18H2,1-6H3,(H2,26,27,28). The number of carbonyl (C=O) groups excluding carboxylic acids is 1. The lowest BCUT2D eigenvalue weighted by molar-refractivity contribution is 0.0827. The summed E-state index contributed by atoms with van der Waals surface area (Å²) in [7, 11) is 3.56.